The van der Waals surface area contributed by atoms with Crippen molar-refractivity contribution in [1.29, 1.82) is 0 Å². The van der Waals surface area contributed by atoms with Crippen molar-refractivity contribution < 1.29 is 14.3 Å². The monoisotopic (exact) mass is 434 g/mol. The molecule has 5 rings (SSSR count). The van der Waals surface area contributed by atoms with E-state index in [0.717, 1.165) is 57.6 Å². The van der Waals surface area contributed by atoms with Gasteiger partial charge in [-0.2, -0.15) is 0 Å². The zero-order chi connectivity index (χ0) is 21.8. The van der Waals surface area contributed by atoms with Crippen molar-refractivity contribution in [3.05, 3.63) is 64.7 Å². The summed E-state index contributed by atoms with van der Waals surface area (Å²) < 4.78 is 11.4. The van der Waals surface area contributed by atoms with E-state index in [1.807, 2.05) is 24.3 Å². The average molecular weight is 435 g/mol. The van der Waals surface area contributed by atoms with E-state index in [4.69, 9.17) is 9.47 Å². The smallest absolute Gasteiger partial charge is 0.251 e. The van der Waals surface area contributed by atoms with E-state index < -0.39 is 0 Å². The summed E-state index contributed by atoms with van der Waals surface area (Å²) in [6.07, 6.45) is 7.84. The number of piperidine rings is 1. The molecule has 2 fully saturated rings. The first-order valence-electron chi connectivity index (χ1n) is 12.2. The van der Waals surface area contributed by atoms with Crippen LogP contribution in [0.3, 0.4) is 0 Å². The lowest BCUT2D eigenvalue weighted by Crippen LogP contribution is -2.38. The van der Waals surface area contributed by atoms with Crippen LogP contribution in [0.2, 0.25) is 0 Å². The second kappa shape index (κ2) is 10.1. The van der Waals surface area contributed by atoms with Gasteiger partial charge in [-0.25, -0.2) is 0 Å². The van der Waals surface area contributed by atoms with E-state index in [0.29, 0.717) is 18.1 Å². The topological polar surface area (TPSA) is 59.6 Å². The molecule has 0 radical (unpaired) electrons. The molecule has 5 nitrogen and oxygen atoms in total. The highest BCUT2D eigenvalue weighted by Gasteiger charge is 2.23. The molecule has 2 aliphatic heterocycles. The van der Waals surface area contributed by atoms with Crippen LogP contribution in [0, 0.1) is 0 Å². The molecule has 32 heavy (non-hydrogen) atoms. The molecule has 0 aromatic heterocycles. The third-order valence-electron chi connectivity index (χ3n) is 7.14. The molecule has 0 unspecified atom stereocenters. The summed E-state index contributed by atoms with van der Waals surface area (Å²) in [6.45, 7) is 3.65. The van der Waals surface area contributed by atoms with Crippen LogP contribution >= 0.6 is 0 Å². The number of aryl methyl sites for hydroxylation is 1. The highest BCUT2D eigenvalue weighted by Crippen LogP contribution is 2.29. The average Bonchev–Trinajstić information content (AvgIpc) is 3.37. The molecule has 2 aromatic rings. The second-order valence-electron chi connectivity index (χ2n) is 9.46. The maximum atomic E-state index is 12.8. The largest absolute Gasteiger partial charge is 0.491 e. The standard InChI is InChI=1S/C27H34N2O3/c30-27(19-8-11-25(12-9-19)32-18-26-4-2-14-31-26)29-24-10-7-20-15-21(5-6-22(20)16-24)23-3-1-13-28-17-23/h5-6,8-9,11-12,15,23-24,26,28H,1-4,7,10,13-14,16-18H2,(H,29,30)/t23-,24+,26+/m1/s1. The number of fused-ring (bicyclic) bond motifs is 1. The van der Waals surface area contributed by atoms with Crippen molar-refractivity contribution in [1.82, 2.24) is 10.6 Å². The van der Waals surface area contributed by atoms with E-state index in [1.165, 1.54) is 29.5 Å². The molecule has 2 aromatic carbocycles. The third kappa shape index (κ3) is 5.16. The van der Waals surface area contributed by atoms with Gasteiger partial charge in [-0.05, 0) is 98.4 Å². The van der Waals surface area contributed by atoms with Crippen LogP contribution < -0.4 is 15.4 Å². The van der Waals surface area contributed by atoms with Crippen LogP contribution in [-0.2, 0) is 17.6 Å². The summed E-state index contributed by atoms with van der Waals surface area (Å²) in [5.41, 5.74) is 5.00. The van der Waals surface area contributed by atoms with Crippen molar-refractivity contribution in [3.63, 3.8) is 0 Å². The lowest BCUT2D eigenvalue weighted by molar-refractivity contribution is 0.0679. The summed E-state index contributed by atoms with van der Waals surface area (Å²) in [5, 5.41) is 6.76. The quantitative estimate of drug-likeness (QED) is 0.722. The van der Waals surface area contributed by atoms with Gasteiger partial charge in [0.15, 0.2) is 0 Å². The molecule has 1 aliphatic carbocycles. The van der Waals surface area contributed by atoms with Crippen LogP contribution in [0.25, 0.3) is 0 Å². The number of nitrogens with one attached hydrogen (secondary N) is 2. The van der Waals surface area contributed by atoms with E-state index in [9.17, 15) is 4.79 Å². The fourth-order valence-corrected chi connectivity index (χ4v) is 5.22. The van der Waals surface area contributed by atoms with Gasteiger partial charge in [0.1, 0.15) is 12.4 Å². The van der Waals surface area contributed by atoms with Gasteiger partial charge in [0.05, 0.1) is 6.10 Å². The molecule has 170 valence electrons. The number of amides is 1. The molecule has 5 heteroatoms. The Morgan fingerprint density at radius 3 is 2.75 bits per heavy atom. The first-order chi connectivity index (χ1) is 15.7. The molecule has 1 amide bonds. The first kappa shape index (κ1) is 21.5. The maximum absolute atomic E-state index is 12.8. The minimum atomic E-state index is -0.00553. The Morgan fingerprint density at radius 1 is 1.06 bits per heavy atom. The molecule has 0 bridgehead atoms. The molecule has 0 saturated carbocycles. The summed E-state index contributed by atoms with van der Waals surface area (Å²) in [7, 11) is 0. The first-order valence-corrected chi connectivity index (χ1v) is 12.2. The van der Waals surface area contributed by atoms with E-state index in [-0.39, 0.29) is 18.1 Å². The summed E-state index contributed by atoms with van der Waals surface area (Å²) in [4.78, 5) is 12.8. The number of benzene rings is 2. The van der Waals surface area contributed by atoms with Crippen LogP contribution in [0.1, 0.15) is 65.1 Å². The van der Waals surface area contributed by atoms with Gasteiger partial charge in [0.2, 0.25) is 0 Å². The Morgan fingerprint density at radius 2 is 1.97 bits per heavy atom. The number of rotatable bonds is 6. The summed E-state index contributed by atoms with van der Waals surface area (Å²) >= 11 is 0. The van der Waals surface area contributed by atoms with Crippen molar-refractivity contribution in [2.24, 2.45) is 0 Å². The predicted molar refractivity (Wildman–Crippen MR) is 125 cm³/mol. The molecular weight excluding hydrogens is 400 g/mol. The van der Waals surface area contributed by atoms with Crippen LogP contribution in [0.15, 0.2) is 42.5 Å². The van der Waals surface area contributed by atoms with Crippen molar-refractivity contribution in [3.8, 4) is 5.75 Å². The van der Waals surface area contributed by atoms with Crippen LogP contribution in [0.4, 0.5) is 0 Å². The van der Waals surface area contributed by atoms with E-state index in [2.05, 4.69) is 28.8 Å². The van der Waals surface area contributed by atoms with Gasteiger partial charge >= 0.3 is 0 Å². The fourth-order valence-electron chi connectivity index (χ4n) is 5.22. The minimum Gasteiger partial charge on any atom is -0.491 e. The van der Waals surface area contributed by atoms with Gasteiger partial charge in [-0.15, -0.1) is 0 Å². The lowest BCUT2D eigenvalue weighted by atomic mass is 9.83. The Hall–Kier alpha value is -2.37. The molecule has 0 spiro atoms. The number of hydrogen-bond acceptors (Lipinski definition) is 4. The molecule has 3 aliphatic rings. The Labute approximate surface area is 190 Å². The summed E-state index contributed by atoms with van der Waals surface area (Å²) in [5.74, 6) is 1.42. The predicted octanol–water partition coefficient (Wildman–Crippen LogP) is 4.00. The van der Waals surface area contributed by atoms with Gasteiger partial charge in [0, 0.05) is 24.8 Å². The van der Waals surface area contributed by atoms with Crippen molar-refractivity contribution >= 4 is 5.91 Å². The Bertz CT molecular complexity index is 915. The number of hydrogen-bond donors (Lipinski definition) is 2. The minimum absolute atomic E-state index is 0.00553. The number of carbonyl (C=O) groups excluding carboxylic acids is 1. The highest BCUT2D eigenvalue weighted by atomic mass is 16.5. The van der Waals surface area contributed by atoms with Crippen LogP contribution in [0.5, 0.6) is 5.75 Å². The van der Waals surface area contributed by atoms with Crippen LogP contribution in [-0.4, -0.2) is 44.4 Å². The zero-order valence-corrected chi connectivity index (χ0v) is 18.8. The van der Waals surface area contributed by atoms with Gasteiger partial charge in [-0.3, -0.25) is 4.79 Å². The third-order valence-corrected chi connectivity index (χ3v) is 7.14. The molecular formula is C27H34N2O3. The van der Waals surface area contributed by atoms with E-state index in [1.54, 1.807) is 0 Å². The Kier molecular flexibility index (Phi) is 6.75. The fraction of sp³-hybridized carbons (Fsp3) is 0.519. The summed E-state index contributed by atoms with van der Waals surface area (Å²) in [6, 6.07) is 14.6. The molecule has 2 heterocycles. The molecule has 2 N–H and O–H groups in total. The maximum Gasteiger partial charge on any atom is 0.251 e. The lowest BCUT2D eigenvalue weighted by Gasteiger charge is -2.28. The molecule has 3 atom stereocenters. The normalized spacial score (nSPS) is 25.2. The van der Waals surface area contributed by atoms with Gasteiger partial charge < -0.3 is 20.1 Å². The second-order valence-corrected chi connectivity index (χ2v) is 9.46. The van der Waals surface area contributed by atoms with Gasteiger partial charge in [-0.1, -0.05) is 18.2 Å². The van der Waals surface area contributed by atoms with E-state index >= 15 is 0 Å². The number of ether oxygens (including phenoxy) is 2. The van der Waals surface area contributed by atoms with Crippen molar-refractivity contribution in [2.75, 3.05) is 26.3 Å². The van der Waals surface area contributed by atoms with Crippen molar-refractivity contribution in [2.45, 2.75) is 63.0 Å². The number of carbonyl (C=O) groups is 1. The SMILES string of the molecule is O=C(N[C@H]1CCc2cc([C@@H]3CCCNC3)ccc2C1)c1ccc(OC[C@@H]2CCCO2)cc1. The molecule has 2 saturated heterocycles. The highest BCUT2D eigenvalue weighted by molar-refractivity contribution is 5.94. The van der Waals surface area contributed by atoms with Gasteiger partial charge in [0.25, 0.3) is 5.91 Å². The Balaban J connectivity index is 1.14. The zero-order valence-electron chi connectivity index (χ0n) is 18.8.